The zero-order chi connectivity index (χ0) is 18.4. The van der Waals surface area contributed by atoms with Gasteiger partial charge in [0.2, 0.25) is 0 Å². The van der Waals surface area contributed by atoms with E-state index in [1.54, 1.807) is 18.2 Å². The standard InChI is InChI=1S/C21H36O3S.K/c1-2-3-4-5-6-7-8-9-10-11-12-13-14-17-20-18-15-16-19-21(20)25(22,23)24;/h15-16,18-19H,2-14,17H2,1H3,(H,22,23,24);/q;+1/p-1. The molecule has 26 heavy (non-hydrogen) atoms. The molecule has 0 aliphatic heterocycles. The molecule has 0 saturated carbocycles. The van der Waals surface area contributed by atoms with Crippen LogP contribution in [0.3, 0.4) is 0 Å². The van der Waals surface area contributed by atoms with Gasteiger partial charge in [0, 0.05) is 0 Å². The Hall–Kier alpha value is 0.766. The van der Waals surface area contributed by atoms with Crippen LogP contribution in [0, 0.1) is 0 Å². The molecule has 0 aromatic heterocycles. The molecular formula is C21H35KO3S. The predicted octanol–water partition coefficient (Wildman–Crippen LogP) is 3.23. The zero-order valence-electron chi connectivity index (χ0n) is 16.8. The van der Waals surface area contributed by atoms with Crippen LogP contribution in [-0.4, -0.2) is 13.0 Å². The van der Waals surface area contributed by atoms with Crippen LogP contribution in [0.1, 0.15) is 96.0 Å². The molecule has 0 atom stereocenters. The maximum absolute atomic E-state index is 11.2. The molecule has 0 fully saturated rings. The van der Waals surface area contributed by atoms with Crippen LogP contribution < -0.4 is 51.4 Å². The first-order valence-electron chi connectivity index (χ1n) is 10.1. The molecule has 144 valence electrons. The van der Waals surface area contributed by atoms with Gasteiger partial charge in [-0.3, -0.25) is 0 Å². The van der Waals surface area contributed by atoms with E-state index in [4.69, 9.17) is 0 Å². The molecule has 0 saturated heterocycles. The summed E-state index contributed by atoms with van der Waals surface area (Å²) in [5.41, 5.74) is 0.667. The number of unbranched alkanes of at least 4 members (excludes halogenated alkanes) is 12. The van der Waals surface area contributed by atoms with E-state index in [0.717, 1.165) is 12.8 Å². The van der Waals surface area contributed by atoms with E-state index in [2.05, 4.69) is 6.92 Å². The Morgan fingerprint density at radius 3 is 1.62 bits per heavy atom. The molecule has 1 aromatic rings. The number of hydrogen-bond acceptors (Lipinski definition) is 3. The van der Waals surface area contributed by atoms with Gasteiger partial charge in [-0.05, 0) is 24.5 Å². The van der Waals surface area contributed by atoms with Gasteiger partial charge >= 0.3 is 51.4 Å². The van der Waals surface area contributed by atoms with Crippen molar-refractivity contribution in [2.75, 3.05) is 0 Å². The van der Waals surface area contributed by atoms with E-state index in [-0.39, 0.29) is 56.3 Å². The van der Waals surface area contributed by atoms with Crippen LogP contribution in [0.5, 0.6) is 0 Å². The molecule has 1 aromatic carbocycles. The van der Waals surface area contributed by atoms with E-state index < -0.39 is 10.1 Å². The molecule has 0 radical (unpaired) electrons. The monoisotopic (exact) mass is 406 g/mol. The molecule has 5 heteroatoms. The van der Waals surface area contributed by atoms with E-state index >= 15 is 0 Å². The van der Waals surface area contributed by atoms with Crippen molar-refractivity contribution >= 4 is 10.1 Å². The molecule has 0 amide bonds. The minimum Gasteiger partial charge on any atom is -0.744 e. The summed E-state index contributed by atoms with van der Waals surface area (Å²) in [6.45, 7) is 2.25. The first kappa shape index (κ1) is 26.8. The van der Waals surface area contributed by atoms with Crippen LogP contribution in [-0.2, 0) is 16.5 Å². The van der Waals surface area contributed by atoms with Gasteiger partial charge in [-0.1, -0.05) is 102 Å². The molecule has 3 nitrogen and oxygen atoms in total. The summed E-state index contributed by atoms with van der Waals surface area (Å²) in [5.74, 6) is 0. The summed E-state index contributed by atoms with van der Waals surface area (Å²) in [5, 5.41) is 0. The van der Waals surface area contributed by atoms with E-state index in [1.807, 2.05) is 0 Å². The second kappa shape index (κ2) is 16.7. The average molecular weight is 407 g/mol. The summed E-state index contributed by atoms with van der Waals surface area (Å²) in [4.78, 5) is -0.0473. The minimum atomic E-state index is -4.35. The van der Waals surface area contributed by atoms with Crippen LogP contribution in [0.4, 0.5) is 0 Å². The summed E-state index contributed by atoms with van der Waals surface area (Å²) < 4.78 is 33.7. The second-order valence-electron chi connectivity index (χ2n) is 7.05. The van der Waals surface area contributed by atoms with Crippen molar-refractivity contribution in [1.29, 1.82) is 0 Å². The third-order valence-electron chi connectivity index (χ3n) is 4.79. The fourth-order valence-corrected chi connectivity index (χ4v) is 4.02. The summed E-state index contributed by atoms with van der Waals surface area (Å²) >= 11 is 0. The number of aryl methyl sites for hydroxylation is 1. The third kappa shape index (κ3) is 13.0. The molecule has 0 aliphatic rings. The molecule has 0 aliphatic carbocycles. The SMILES string of the molecule is CCCCCCCCCCCCCCCc1ccccc1S(=O)(=O)[O-].[K+]. The maximum atomic E-state index is 11.2. The average Bonchev–Trinajstić information content (AvgIpc) is 2.58. The van der Waals surface area contributed by atoms with Gasteiger partial charge in [0.1, 0.15) is 10.1 Å². The van der Waals surface area contributed by atoms with Crippen molar-refractivity contribution in [2.24, 2.45) is 0 Å². The fourth-order valence-electron chi connectivity index (χ4n) is 3.29. The van der Waals surface area contributed by atoms with Crippen molar-refractivity contribution in [1.82, 2.24) is 0 Å². The van der Waals surface area contributed by atoms with Gasteiger partial charge in [0.05, 0.1) is 4.90 Å². The third-order valence-corrected chi connectivity index (χ3v) is 5.73. The van der Waals surface area contributed by atoms with Gasteiger partial charge in [-0.15, -0.1) is 0 Å². The van der Waals surface area contributed by atoms with Gasteiger partial charge in [-0.2, -0.15) is 0 Å². The van der Waals surface area contributed by atoms with Crippen molar-refractivity contribution in [2.45, 2.75) is 102 Å². The van der Waals surface area contributed by atoms with E-state index in [1.165, 1.54) is 76.7 Å². The Kier molecular flexibility index (Phi) is 17.2. The van der Waals surface area contributed by atoms with Crippen molar-refractivity contribution in [3.05, 3.63) is 29.8 Å². The molecule has 0 spiro atoms. The van der Waals surface area contributed by atoms with Gasteiger partial charge < -0.3 is 4.55 Å². The Morgan fingerprint density at radius 1 is 0.731 bits per heavy atom. The fraction of sp³-hybridized carbons (Fsp3) is 0.714. The topological polar surface area (TPSA) is 57.2 Å². The Bertz CT molecular complexity index is 558. The number of rotatable bonds is 15. The van der Waals surface area contributed by atoms with Gasteiger partial charge in [-0.25, -0.2) is 8.42 Å². The van der Waals surface area contributed by atoms with E-state index in [9.17, 15) is 13.0 Å². The molecule has 0 heterocycles. The number of benzene rings is 1. The molecule has 0 bridgehead atoms. The minimum absolute atomic E-state index is 0. The van der Waals surface area contributed by atoms with Crippen molar-refractivity contribution in [3.63, 3.8) is 0 Å². The van der Waals surface area contributed by atoms with Crippen LogP contribution >= 0.6 is 0 Å². The molecule has 0 unspecified atom stereocenters. The van der Waals surface area contributed by atoms with Gasteiger partial charge in [0.25, 0.3) is 0 Å². The molecule has 1 rings (SSSR count). The van der Waals surface area contributed by atoms with Crippen molar-refractivity contribution in [3.8, 4) is 0 Å². The molecular weight excluding hydrogens is 371 g/mol. The van der Waals surface area contributed by atoms with Crippen LogP contribution in [0.2, 0.25) is 0 Å². The first-order valence-corrected chi connectivity index (χ1v) is 11.5. The van der Waals surface area contributed by atoms with Crippen LogP contribution in [0.15, 0.2) is 29.2 Å². The largest absolute Gasteiger partial charge is 1.00 e. The summed E-state index contributed by atoms with van der Waals surface area (Å²) in [7, 11) is -4.35. The second-order valence-corrected chi connectivity index (χ2v) is 8.40. The van der Waals surface area contributed by atoms with E-state index in [0.29, 0.717) is 12.0 Å². The quantitative estimate of drug-likeness (QED) is 0.255. The molecule has 0 N–H and O–H groups in total. The Morgan fingerprint density at radius 2 is 1.15 bits per heavy atom. The number of hydrogen-bond donors (Lipinski definition) is 0. The first-order chi connectivity index (χ1) is 12.1. The normalized spacial score (nSPS) is 11.3. The zero-order valence-corrected chi connectivity index (χ0v) is 20.8. The summed E-state index contributed by atoms with van der Waals surface area (Å²) in [6.07, 6.45) is 17.5. The maximum Gasteiger partial charge on any atom is 1.00 e. The Balaban J connectivity index is 0.00000625. The Labute approximate surface area is 203 Å². The predicted molar refractivity (Wildman–Crippen MR) is 104 cm³/mol. The van der Waals surface area contributed by atoms with Gasteiger partial charge in [0.15, 0.2) is 0 Å². The smallest absolute Gasteiger partial charge is 0.744 e. The summed E-state index contributed by atoms with van der Waals surface area (Å²) in [6, 6.07) is 6.58. The van der Waals surface area contributed by atoms with Crippen LogP contribution in [0.25, 0.3) is 0 Å². The van der Waals surface area contributed by atoms with Crippen molar-refractivity contribution < 1.29 is 64.4 Å².